The molecule has 10 atom stereocenters. The Hall–Kier alpha value is -1.24. The lowest BCUT2D eigenvalue weighted by molar-refractivity contribution is -0.197. The van der Waals surface area contributed by atoms with Gasteiger partial charge in [0, 0.05) is 25.0 Å². The highest BCUT2D eigenvalue weighted by Gasteiger charge is 2.86. The van der Waals surface area contributed by atoms with Crippen LogP contribution in [-0.4, -0.2) is 67.2 Å². The smallest absolute Gasteiger partial charge is 0.315 e. The van der Waals surface area contributed by atoms with E-state index in [1.54, 1.807) is 0 Å². The molecule has 7 unspecified atom stereocenters. The van der Waals surface area contributed by atoms with E-state index in [1.807, 2.05) is 0 Å². The fraction of sp³-hybridized carbons (Fsp3) is 0.889. The van der Waals surface area contributed by atoms with E-state index in [0.717, 1.165) is 69.9 Å². The van der Waals surface area contributed by atoms with Crippen molar-refractivity contribution in [3.8, 4) is 0 Å². The average molecular weight is 581 g/mol. The molecule has 2 saturated heterocycles. The number of aldehydes is 1. The van der Waals surface area contributed by atoms with Crippen LogP contribution in [-0.2, 0) is 14.3 Å². The van der Waals surface area contributed by atoms with Crippen molar-refractivity contribution in [3.63, 3.8) is 0 Å². The van der Waals surface area contributed by atoms with E-state index in [-0.39, 0.29) is 30.0 Å². The minimum atomic E-state index is -1.13. The van der Waals surface area contributed by atoms with Gasteiger partial charge in [0.2, 0.25) is 0 Å². The molecule has 7 aliphatic rings. The number of hydrogen-bond donors (Lipinski definition) is 2. The highest BCUT2D eigenvalue weighted by Crippen LogP contribution is 2.84. The second-order valence-corrected chi connectivity index (χ2v) is 16.2. The van der Waals surface area contributed by atoms with Gasteiger partial charge < -0.3 is 20.0 Å². The van der Waals surface area contributed by atoms with Gasteiger partial charge in [-0.25, -0.2) is 0 Å². The fourth-order valence-electron chi connectivity index (χ4n) is 12.6. The number of ether oxygens (including phenoxy) is 1. The summed E-state index contributed by atoms with van der Waals surface area (Å²) < 4.78 is 7.40. The summed E-state index contributed by atoms with van der Waals surface area (Å²) >= 11 is 0. The molecule has 0 spiro atoms. The standard InChI is InChI=1S/C36H56N2O4/c1-23(2)30-18-27-19-34(22-39)29-11-10-24(3)28(29)20-35(27,36(30,34)33(40)41)32-17-26(16-25-8-5-4-6-9-25)31(42-32)21-38-14-7-12-37-13-15-38/h18,22-29,31-32,37H,4-17,19-21H2,1-3H3,(H,40,41)/t24-,26?,27?,28-,29-,31?,32?,34?,35?,36?/m1/s1. The summed E-state index contributed by atoms with van der Waals surface area (Å²) in [6, 6.07) is 0. The highest BCUT2D eigenvalue weighted by molar-refractivity contribution is 5.90. The molecular weight excluding hydrogens is 524 g/mol. The van der Waals surface area contributed by atoms with Crippen LogP contribution in [0.3, 0.4) is 0 Å². The first-order chi connectivity index (χ1) is 20.3. The second kappa shape index (κ2) is 11.0. The quantitative estimate of drug-likeness (QED) is 0.273. The Bertz CT molecular complexity index is 1080. The van der Waals surface area contributed by atoms with Gasteiger partial charge in [0.1, 0.15) is 11.7 Å². The van der Waals surface area contributed by atoms with Gasteiger partial charge in [0.15, 0.2) is 0 Å². The third kappa shape index (κ3) is 3.99. The molecule has 7 rings (SSSR count). The molecule has 2 aliphatic heterocycles. The number of nitrogens with zero attached hydrogens (tertiary/aromatic N) is 1. The van der Waals surface area contributed by atoms with Gasteiger partial charge in [-0.1, -0.05) is 70.9 Å². The van der Waals surface area contributed by atoms with Gasteiger partial charge in [-0.3, -0.25) is 9.69 Å². The SMILES string of the molecule is CC(C)C1=CC2CC3(C=O)[C@@H]4CC[C@@H](C)[C@H]4CC2(C2CC(CC4CCCCC4)C(CN4CCCNCC4)O2)C13C(=O)O. The molecule has 0 aromatic heterocycles. The first kappa shape index (κ1) is 29.5. The maximum Gasteiger partial charge on any atom is 0.315 e. The average Bonchev–Trinajstić information content (AvgIpc) is 3.61. The van der Waals surface area contributed by atoms with E-state index < -0.39 is 22.2 Å². The summed E-state index contributed by atoms with van der Waals surface area (Å²) in [6.07, 6.45) is 17.4. The fourth-order valence-corrected chi connectivity index (χ4v) is 12.6. The van der Waals surface area contributed by atoms with Crippen LogP contribution in [0, 0.1) is 57.7 Å². The molecule has 4 saturated carbocycles. The lowest BCUT2D eigenvalue weighted by Crippen LogP contribution is -2.65. The van der Waals surface area contributed by atoms with Gasteiger partial charge in [-0.15, -0.1) is 0 Å². The monoisotopic (exact) mass is 580 g/mol. The largest absolute Gasteiger partial charge is 0.481 e. The summed E-state index contributed by atoms with van der Waals surface area (Å²) in [6.45, 7) is 11.9. The number of hydrogen-bond acceptors (Lipinski definition) is 5. The van der Waals surface area contributed by atoms with Crippen LogP contribution in [0.5, 0.6) is 0 Å². The molecule has 2 heterocycles. The van der Waals surface area contributed by atoms with Crippen LogP contribution in [0.2, 0.25) is 0 Å². The Balaban J connectivity index is 1.29. The minimum Gasteiger partial charge on any atom is -0.481 e. The van der Waals surface area contributed by atoms with Crippen LogP contribution >= 0.6 is 0 Å². The van der Waals surface area contributed by atoms with Crippen LogP contribution in [0.4, 0.5) is 0 Å². The predicted octanol–water partition coefficient (Wildman–Crippen LogP) is 5.95. The molecule has 42 heavy (non-hydrogen) atoms. The number of carboxylic acids is 1. The number of carbonyl (C=O) groups is 2. The molecule has 6 heteroatoms. The Kier molecular flexibility index (Phi) is 7.70. The molecule has 0 aromatic carbocycles. The van der Waals surface area contributed by atoms with Gasteiger partial charge in [0.05, 0.1) is 17.6 Å². The molecular formula is C36H56N2O4. The van der Waals surface area contributed by atoms with E-state index in [0.29, 0.717) is 24.2 Å². The second-order valence-electron chi connectivity index (χ2n) is 16.2. The molecule has 2 N–H and O–H groups in total. The van der Waals surface area contributed by atoms with E-state index >= 15 is 0 Å². The summed E-state index contributed by atoms with van der Waals surface area (Å²) in [4.78, 5) is 30.2. The summed E-state index contributed by atoms with van der Waals surface area (Å²) in [5, 5.41) is 15.1. The molecule has 4 bridgehead atoms. The van der Waals surface area contributed by atoms with Crippen molar-refractivity contribution < 1.29 is 19.4 Å². The zero-order valence-corrected chi connectivity index (χ0v) is 26.5. The zero-order chi connectivity index (χ0) is 29.3. The summed E-state index contributed by atoms with van der Waals surface area (Å²) in [7, 11) is 0. The number of nitrogens with one attached hydrogen (secondary N) is 1. The van der Waals surface area contributed by atoms with Crippen molar-refractivity contribution >= 4 is 12.3 Å². The lowest BCUT2D eigenvalue weighted by Gasteiger charge is -2.60. The number of fused-ring (bicyclic) bond motifs is 2. The van der Waals surface area contributed by atoms with Crippen molar-refractivity contribution in [2.45, 2.75) is 110 Å². The van der Waals surface area contributed by atoms with E-state index in [9.17, 15) is 14.7 Å². The maximum absolute atomic E-state index is 14.1. The minimum absolute atomic E-state index is 0.0923. The van der Waals surface area contributed by atoms with Crippen molar-refractivity contribution in [2.24, 2.45) is 57.7 Å². The van der Waals surface area contributed by atoms with Gasteiger partial charge >= 0.3 is 5.97 Å². The maximum atomic E-state index is 14.1. The van der Waals surface area contributed by atoms with Crippen LogP contribution in [0.25, 0.3) is 0 Å². The zero-order valence-electron chi connectivity index (χ0n) is 26.5. The van der Waals surface area contributed by atoms with Crippen molar-refractivity contribution in [1.82, 2.24) is 10.2 Å². The molecule has 0 amide bonds. The number of carboxylic acid groups (broad SMARTS) is 1. The highest BCUT2D eigenvalue weighted by atomic mass is 16.5. The van der Waals surface area contributed by atoms with Gasteiger partial charge in [0.25, 0.3) is 0 Å². The number of allylic oxidation sites excluding steroid dienone is 1. The Morgan fingerprint density at radius 3 is 2.67 bits per heavy atom. The molecule has 5 aliphatic carbocycles. The predicted molar refractivity (Wildman–Crippen MR) is 164 cm³/mol. The Morgan fingerprint density at radius 2 is 1.93 bits per heavy atom. The first-order valence-electron chi connectivity index (χ1n) is 17.8. The number of rotatable bonds is 8. The van der Waals surface area contributed by atoms with Crippen molar-refractivity contribution in [2.75, 3.05) is 32.7 Å². The summed E-state index contributed by atoms with van der Waals surface area (Å²) in [5.41, 5.74) is -1.40. The topological polar surface area (TPSA) is 78.9 Å². The molecule has 234 valence electrons. The summed E-state index contributed by atoms with van der Waals surface area (Å²) in [5.74, 6) is 1.89. The van der Waals surface area contributed by atoms with Crippen LogP contribution in [0.1, 0.15) is 97.8 Å². The number of carbonyl (C=O) groups excluding carboxylic acids is 1. The number of aliphatic carboxylic acids is 1. The Labute approximate surface area is 253 Å². The van der Waals surface area contributed by atoms with Crippen molar-refractivity contribution in [3.05, 3.63) is 11.6 Å². The molecule has 6 fully saturated rings. The molecule has 0 radical (unpaired) electrons. The third-order valence-electron chi connectivity index (χ3n) is 14.2. The van der Waals surface area contributed by atoms with E-state index in [1.165, 1.54) is 51.2 Å². The molecule has 0 aromatic rings. The molecule has 6 nitrogen and oxygen atoms in total. The van der Waals surface area contributed by atoms with Crippen LogP contribution in [0.15, 0.2) is 11.6 Å². The van der Waals surface area contributed by atoms with Gasteiger partial charge in [-0.05, 0) is 93.0 Å². The first-order valence-corrected chi connectivity index (χ1v) is 17.8. The normalized spacial score (nSPS) is 47.4. The van der Waals surface area contributed by atoms with Crippen molar-refractivity contribution in [1.29, 1.82) is 0 Å². The van der Waals surface area contributed by atoms with E-state index in [2.05, 4.69) is 37.1 Å². The lowest BCUT2D eigenvalue weighted by atomic mass is 9.41. The van der Waals surface area contributed by atoms with E-state index in [4.69, 9.17) is 4.74 Å². The third-order valence-corrected chi connectivity index (χ3v) is 14.2. The van der Waals surface area contributed by atoms with Gasteiger partial charge in [-0.2, -0.15) is 0 Å². The Morgan fingerprint density at radius 1 is 1.12 bits per heavy atom. The van der Waals surface area contributed by atoms with Crippen LogP contribution < -0.4 is 5.32 Å².